The van der Waals surface area contributed by atoms with Crippen LogP contribution < -0.4 is 14.4 Å². The number of benzene rings is 2. The molecule has 0 saturated carbocycles. The van der Waals surface area contributed by atoms with E-state index in [1.54, 1.807) is 31.2 Å². The number of hydrogen-bond donors (Lipinski definition) is 1. The largest absolute Gasteiger partial charge is 0.494 e. The van der Waals surface area contributed by atoms with Crippen LogP contribution in [0.25, 0.3) is 0 Å². The zero-order valence-corrected chi connectivity index (χ0v) is 16.8. The van der Waals surface area contributed by atoms with Crippen LogP contribution in [0.2, 0.25) is 0 Å². The Morgan fingerprint density at radius 1 is 1.17 bits per heavy atom. The van der Waals surface area contributed by atoms with Gasteiger partial charge in [-0.1, -0.05) is 12.1 Å². The second kappa shape index (κ2) is 8.73. The number of nitrogens with one attached hydrogen (secondary N) is 1. The van der Waals surface area contributed by atoms with Crippen LogP contribution in [0.15, 0.2) is 48.5 Å². The zero-order valence-electron chi connectivity index (χ0n) is 16.0. The monoisotopic (exact) mass is 430 g/mol. The fourth-order valence-corrected chi connectivity index (χ4v) is 3.87. The maximum atomic E-state index is 13.0. The van der Waals surface area contributed by atoms with Gasteiger partial charge in [0, 0.05) is 11.8 Å². The van der Waals surface area contributed by atoms with Crippen molar-refractivity contribution in [3.8, 4) is 5.75 Å². The lowest BCUT2D eigenvalue weighted by Gasteiger charge is -2.28. The number of halogens is 3. The Hall–Kier alpha value is -2.75. The summed E-state index contributed by atoms with van der Waals surface area (Å²) < 4.78 is 69.6. The first-order chi connectivity index (χ1) is 13.4. The SMILES string of the molecule is CCOc1cccc(NC(=O)[C@@H](C)N(c2cccc(C(F)(F)F)c2)S(C)(=O)=O)c1. The van der Waals surface area contributed by atoms with Crippen LogP contribution in [0.1, 0.15) is 19.4 Å². The van der Waals surface area contributed by atoms with Crippen LogP contribution in [0.5, 0.6) is 5.75 Å². The normalized spacial score (nSPS) is 12.9. The van der Waals surface area contributed by atoms with Gasteiger partial charge in [0.1, 0.15) is 11.8 Å². The number of rotatable bonds is 7. The second-order valence-electron chi connectivity index (χ2n) is 6.23. The number of hydrogen-bond acceptors (Lipinski definition) is 4. The maximum absolute atomic E-state index is 13.0. The van der Waals surface area contributed by atoms with E-state index < -0.39 is 33.7 Å². The first kappa shape index (κ1) is 22.5. The van der Waals surface area contributed by atoms with Gasteiger partial charge in [0.2, 0.25) is 15.9 Å². The molecule has 0 unspecified atom stereocenters. The van der Waals surface area contributed by atoms with E-state index in [1.165, 1.54) is 13.0 Å². The molecule has 6 nitrogen and oxygen atoms in total. The van der Waals surface area contributed by atoms with Crippen molar-refractivity contribution >= 4 is 27.3 Å². The highest BCUT2D eigenvalue weighted by atomic mass is 32.2. The highest BCUT2D eigenvalue weighted by Crippen LogP contribution is 2.33. The van der Waals surface area contributed by atoms with Crippen LogP contribution in [0.3, 0.4) is 0 Å². The van der Waals surface area contributed by atoms with Gasteiger partial charge >= 0.3 is 6.18 Å². The van der Waals surface area contributed by atoms with Gasteiger partial charge in [0.15, 0.2) is 0 Å². The smallest absolute Gasteiger partial charge is 0.416 e. The molecule has 0 fully saturated rings. The van der Waals surface area contributed by atoms with Gasteiger partial charge in [0.25, 0.3) is 0 Å². The first-order valence-corrected chi connectivity index (χ1v) is 10.5. The van der Waals surface area contributed by atoms with E-state index in [4.69, 9.17) is 4.74 Å². The highest BCUT2D eigenvalue weighted by molar-refractivity contribution is 7.92. The average molecular weight is 430 g/mol. The summed E-state index contributed by atoms with van der Waals surface area (Å²) in [5.41, 5.74) is -0.904. The van der Waals surface area contributed by atoms with E-state index in [9.17, 15) is 26.4 Å². The molecular formula is C19H21F3N2O4S. The number of nitrogens with zero attached hydrogens (tertiary/aromatic N) is 1. The third kappa shape index (κ3) is 5.86. The molecule has 1 N–H and O–H groups in total. The molecule has 0 radical (unpaired) electrons. The Bertz CT molecular complexity index is 977. The predicted molar refractivity (Wildman–Crippen MR) is 104 cm³/mol. The number of amides is 1. The number of anilines is 2. The number of carbonyl (C=O) groups excluding carboxylic acids is 1. The van der Waals surface area contributed by atoms with Crippen molar-refractivity contribution in [3.05, 3.63) is 54.1 Å². The summed E-state index contributed by atoms with van der Waals surface area (Å²) >= 11 is 0. The van der Waals surface area contributed by atoms with Gasteiger partial charge in [-0.25, -0.2) is 8.42 Å². The van der Waals surface area contributed by atoms with Gasteiger partial charge in [-0.2, -0.15) is 13.2 Å². The molecule has 0 aliphatic rings. The molecule has 29 heavy (non-hydrogen) atoms. The summed E-state index contributed by atoms with van der Waals surface area (Å²) in [5.74, 6) is -0.197. The van der Waals surface area contributed by atoms with Gasteiger partial charge < -0.3 is 10.1 Å². The first-order valence-electron chi connectivity index (χ1n) is 8.64. The van der Waals surface area contributed by atoms with Crippen LogP contribution in [0.4, 0.5) is 24.5 Å². The van der Waals surface area contributed by atoms with Crippen molar-refractivity contribution in [2.24, 2.45) is 0 Å². The lowest BCUT2D eigenvalue weighted by Crippen LogP contribution is -2.45. The molecule has 1 atom stereocenters. The van der Waals surface area contributed by atoms with E-state index in [1.807, 2.05) is 0 Å². The van der Waals surface area contributed by atoms with Crippen LogP contribution in [-0.2, 0) is 21.0 Å². The third-order valence-electron chi connectivity index (χ3n) is 3.93. The second-order valence-corrected chi connectivity index (χ2v) is 8.09. The molecule has 2 rings (SSSR count). The number of ether oxygens (including phenoxy) is 1. The molecule has 158 valence electrons. The van der Waals surface area contributed by atoms with Crippen molar-refractivity contribution in [3.63, 3.8) is 0 Å². The van der Waals surface area contributed by atoms with Crippen molar-refractivity contribution in [2.75, 3.05) is 22.5 Å². The van der Waals surface area contributed by atoms with E-state index in [2.05, 4.69) is 5.32 Å². The van der Waals surface area contributed by atoms with Crippen molar-refractivity contribution in [1.29, 1.82) is 0 Å². The molecule has 0 aromatic heterocycles. The van der Waals surface area contributed by atoms with Crippen LogP contribution in [0, 0.1) is 0 Å². The number of sulfonamides is 1. The van der Waals surface area contributed by atoms with Gasteiger partial charge in [-0.3, -0.25) is 9.10 Å². The molecule has 0 bridgehead atoms. The molecule has 0 spiro atoms. The van der Waals surface area contributed by atoms with E-state index in [-0.39, 0.29) is 5.69 Å². The quantitative estimate of drug-likeness (QED) is 0.723. The minimum absolute atomic E-state index is 0.256. The standard InChI is InChI=1S/C19H21F3N2O4S/c1-4-28-17-10-6-8-15(12-17)23-18(25)13(2)24(29(3,26)27)16-9-5-7-14(11-16)19(20,21)22/h5-13H,4H2,1-3H3,(H,23,25)/t13-/m1/s1. The Morgan fingerprint density at radius 2 is 1.83 bits per heavy atom. The Labute approximate surface area is 167 Å². The Kier molecular flexibility index (Phi) is 6.78. The summed E-state index contributed by atoms with van der Waals surface area (Å²) in [6, 6.07) is 8.99. The summed E-state index contributed by atoms with van der Waals surface area (Å²) in [4.78, 5) is 12.6. The van der Waals surface area contributed by atoms with Crippen molar-refractivity contribution in [2.45, 2.75) is 26.1 Å². The maximum Gasteiger partial charge on any atom is 0.416 e. The fourth-order valence-electron chi connectivity index (χ4n) is 2.71. The lowest BCUT2D eigenvalue weighted by molar-refractivity contribution is -0.137. The molecule has 0 aliphatic heterocycles. The van der Waals surface area contributed by atoms with Gasteiger partial charge in [-0.05, 0) is 44.2 Å². The van der Waals surface area contributed by atoms with Crippen LogP contribution in [-0.4, -0.2) is 33.2 Å². The average Bonchev–Trinajstić information content (AvgIpc) is 2.60. The summed E-state index contributed by atoms with van der Waals surface area (Å²) in [6.45, 7) is 3.51. The minimum Gasteiger partial charge on any atom is -0.494 e. The van der Waals surface area contributed by atoms with E-state index >= 15 is 0 Å². The van der Waals surface area contributed by atoms with Crippen molar-refractivity contribution < 1.29 is 31.1 Å². The molecule has 0 heterocycles. The topological polar surface area (TPSA) is 75.7 Å². The third-order valence-corrected chi connectivity index (χ3v) is 5.17. The van der Waals surface area contributed by atoms with Gasteiger partial charge in [0.05, 0.1) is 24.1 Å². The number of carbonyl (C=O) groups is 1. The predicted octanol–water partition coefficient (Wildman–Crippen LogP) is 3.90. The lowest BCUT2D eigenvalue weighted by atomic mass is 10.1. The van der Waals surface area contributed by atoms with E-state index in [0.717, 1.165) is 18.4 Å². The summed E-state index contributed by atoms with van der Waals surface area (Å²) in [6.07, 6.45) is -3.82. The van der Waals surface area contributed by atoms with Crippen LogP contribution >= 0.6 is 0 Å². The number of alkyl halides is 3. The fraction of sp³-hybridized carbons (Fsp3) is 0.316. The molecule has 1 amide bonds. The Morgan fingerprint density at radius 3 is 2.41 bits per heavy atom. The Balaban J connectivity index is 2.34. The summed E-state index contributed by atoms with van der Waals surface area (Å²) in [5, 5.41) is 2.56. The summed E-state index contributed by atoms with van der Waals surface area (Å²) in [7, 11) is -4.05. The molecular weight excluding hydrogens is 409 g/mol. The molecule has 2 aromatic rings. The van der Waals surface area contributed by atoms with Crippen molar-refractivity contribution in [1.82, 2.24) is 0 Å². The van der Waals surface area contributed by atoms with Gasteiger partial charge in [-0.15, -0.1) is 0 Å². The molecule has 10 heteroatoms. The van der Waals surface area contributed by atoms with E-state index in [0.29, 0.717) is 28.4 Å². The zero-order chi connectivity index (χ0) is 21.8. The highest BCUT2D eigenvalue weighted by Gasteiger charge is 2.34. The minimum atomic E-state index is -4.65. The molecule has 2 aromatic carbocycles. The molecule has 0 aliphatic carbocycles. The molecule has 0 saturated heterocycles.